The van der Waals surface area contributed by atoms with Crippen LogP contribution in [0.2, 0.25) is 0 Å². The van der Waals surface area contributed by atoms with E-state index in [0.717, 1.165) is 24.3 Å². The molecular formula is C13H18N2O2. The Morgan fingerprint density at radius 3 is 2.71 bits per heavy atom. The Morgan fingerprint density at radius 1 is 1.35 bits per heavy atom. The van der Waals surface area contributed by atoms with Crippen molar-refractivity contribution in [3.63, 3.8) is 0 Å². The number of para-hydroxylation sites is 1. The number of hydrogen-bond donors (Lipinski definition) is 1. The molecule has 1 fully saturated rings. The summed E-state index contributed by atoms with van der Waals surface area (Å²) in [6.45, 7) is 4.26. The number of carbonyl (C=O) groups is 1. The zero-order valence-corrected chi connectivity index (χ0v) is 10.3. The molecule has 1 heterocycles. The summed E-state index contributed by atoms with van der Waals surface area (Å²) < 4.78 is 0. The first kappa shape index (κ1) is 11.9. The first-order chi connectivity index (χ1) is 8.09. The van der Waals surface area contributed by atoms with E-state index in [4.69, 9.17) is 0 Å². The molecule has 1 aliphatic heterocycles. The Kier molecular flexibility index (Phi) is 3.33. The number of carboxylic acids is 1. The lowest BCUT2D eigenvalue weighted by atomic mass is 10.1. The van der Waals surface area contributed by atoms with E-state index in [2.05, 4.69) is 4.90 Å². The number of carboxylic acid groups (broad SMARTS) is 1. The van der Waals surface area contributed by atoms with Gasteiger partial charge in [-0.2, -0.15) is 0 Å². The number of anilines is 1. The Bertz CT molecular complexity index is 420. The van der Waals surface area contributed by atoms with Crippen LogP contribution in [0, 0.1) is 6.92 Å². The summed E-state index contributed by atoms with van der Waals surface area (Å²) in [6, 6.07) is 7.50. The van der Waals surface area contributed by atoms with Crippen molar-refractivity contribution in [3.8, 4) is 0 Å². The zero-order chi connectivity index (χ0) is 12.4. The molecule has 4 nitrogen and oxygen atoms in total. The Hall–Kier alpha value is -1.55. The fraction of sp³-hybridized carbons (Fsp3) is 0.462. The molecule has 4 heteroatoms. The van der Waals surface area contributed by atoms with Gasteiger partial charge in [0.05, 0.1) is 0 Å². The van der Waals surface area contributed by atoms with Crippen LogP contribution in [-0.2, 0) is 4.79 Å². The third-order valence-electron chi connectivity index (χ3n) is 3.29. The number of benzene rings is 1. The minimum atomic E-state index is -0.750. The van der Waals surface area contributed by atoms with Gasteiger partial charge in [-0.15, -0.1) is 0 Å². The maximum Gasteiger partial charge on any atom is 0.327 e. The minimum Gasteiger partial charge on any atom is -0.480 e. The van der Waals surface area contributed by atoms with Gasteiger partial charge in [0.1, 0.15) is 6.04 Å². The Labute approximate surface area is 101 Å². The molecule has 1 aromatic carbocycles. The lowest BCUT2D eigenvalue weighted by molar-refractivity contribution is -0.139. The molecule has 17 heavy (non-hydrogen) atoms. The first-order valence-corrected chi connectivity index (χ1v) is 5.83. The maximum atomic E-state index is 11.3. The number of nitrogens with zero attached hydrogens (tertiary/aromatic N) is 2. The van der Waals surface area contributed by atoms with Gasteiger partial charge >= 0.3 is 5.97 Å². The quantitative estimate of drug-likeness (QED) is 0.835. The molecule has 1 saturated heterocycles. The topological polar surface area (TPSA) is 43.8 Å². The number of rotatable bonds is 2. The minimum absolute atomic E-state index is 0.449. The van der Waals surface area contributed by atoms with Gasteiger partial charge in [0, 0.05) is 25.3 Å². The van der Waals surface area contributed by atoms with Crippen molar-refractivity contribution in [3.05, 3.63) is 29.8 Å². The summed E-state index contributed by atoms with van der Waals surface area (Å²) in [5, 5.41) is 9.31. The van der Waals surface area contributed by atoms with E-state index in [0.29, 0.717) is 6.54 Å². The second kappa shape index (κ2) is 4.75. The summed E-state index contributed by atoms with van der Waals surface area (Å²) in [7, 11) is 1.96. The molecule has 1 N–H and O–H groups in total. The lowest BCUT2D eigenvalue weighted by Gasteiger charge is -2.39. The van der Waals surface area contributed by atoms with Crippen molar-refractivity contribution in [2.75, 3.05) is 31.6 Å². The van der Waals surface area contributed by atoms with E-state index in [1.807, 2.05) is 43.1 Å². The van der Waals surface area contributed by atoms with Crippen LogP contribution in [0.25, 0.3) is 0 Å². The first-order valence-electron chi connectivity index (χ1n) is 5.83. The van der Waals surface area contributed by atoms with Gasteiger partial charge in [-0.3, -0.25) is 0 Å². The van der Waals surface area contributed by atoms with E-state index < -0.39 is 12.0 Å². The van der Waals surface area contributed by atoms with Gasteiger partial charge in [-0.1, -0.05) is 18.2 Å². The number of aryl methyl sites for hydroxylation is 1. The van der Waals surface area contributed by atoms with Crippen LogP contribution < -0.4 is 4.90 Å². The van der Waals surface area contributed by atoms with Crippen LogP contribution in [-0.4, -0.2) is 48.7 Å². The summed E-state index contributed by atoms with van der Waals surface area (Å²) in [5.74, 6) is -0.750. The van der Waals surface area contributed by atoms with Crippen molar-refractivity contribution in [1.29, 1.82) is 0 Å². The maximum absolute atomic E-state index is 11.3. The Morgan fingerprint density at radius 2 is 2.06 bits per heavy atom. The number of hydrogen-bond acceptors (Lipinski definition) is 3. The largest absolute Gasteiger partial charge is 0.480 e. The number of likely N-dealkylation sites (N-methyl/N-ethyl adjacent to an activating group) is 1. The van der Waals surface area contributed by atoms with Crippen LogP contribution in [0.3, 0.4) is 0 Å². The third kappa shape index (κ3) is 2.42. The second-order valence-corrected chi connectivity index (χ2v) is 4.60. The average Bonchev–Trinajstić information content (AvgIpc) is 2.30. The number of piperazine rings is 1. The molecule has 2 rings (SSSR count). The molecule has 0 bridgehead atoms. The van der Waals surface area contributed by atoms with Crippen molar-refractivity contribution in [1.82, 2.24) is 4.90 Å². The van der Waals surface area contributed by atoms with Crippen molar-refractivity contribution in [2.45, 2.75) is 13.0 Å². The van der Waals surface area contributed by atoms with E-state index in [1.165, 1.54) is 0 Å². The summed E-state index contributed by atoms with van der Waals surface area (Å²) in [6.07, 6.45) is 0. The van der Waals surface area contributed by atoms with Gasteiger partial charge < -0.3 is 14.9 Å². The third-order valence-corrected chi connectivity index (χ3v) is 3.29. The van der Waals surface area contributed by atoms with E-state index in [9.17, 15) is 9.90 Å². The van der Waals surface area contributed by atoms with Crippen molar-refractivity contribution >= 4 is 11.7 Å². The van der Waals surface area contributed by atoms with Crippen molar-refractivity contribution < 1.29 is 9.90 Å². The predicted molar refractivity (Wildman–Crippen MR) is 67.4 cm³/mol. The number of aliphatic carboxylic acids is 1. The molecular weight excluding hydrogens is 216 g/mol. The standard InChI is InChI=1S/C13H18N2O2/c1-10-5-3-4-6-11(10)15-8-7-14(2)9-12(15)13(16)17/h3-6,12H,7-9H2,1-2H3,(H,16,17). The zero-order valence-electron chi connectivity index (χ0n) is 10.3. The molecule has 0 spiro atoms. The fourth-order valence-corrected chi connectivity index (χ4v) is 2.30. The predicted octanol–water partition coefficient (Wildman–Crippen LogP) is 1.20. The summed E-state index contributed by atoms with van der Waals surface area (Å²) >= 11 is 0. The molecule has 1 unspecified atom stereocenters. The molecule has 0 aliphatic carbocycles. The molecule has 92 valence electrons. The molecule has 1 atom stereocenters. The van der Waals surface area contributed by atoms with Crippen LogP contribution in [0.5, 0.6) is 0 Å². The average molecular weight is 234 g/mol. The molecule has 1 aliphatic rings. The SMILES string of the molecule is Cc1ccccc1N1CCN(C)CC1C(=O)O. The highest BCUT2D eigenvalue weighted by atomic mass is 16.4. The smallest absolute Gasteiger partial charge is 0.327 e. The van der Waals surface area contributed by atoms with Gasteiger partial charge in [0.2, 0.25) is 0 Å². The molecule has 0 aromatic heterocycles. The van der Waals surface area contributed by atoms with Crippen molar-refractivity contribution in [2.24, 2.45) is 0 Å². The highest BCUT2D eigenvalue weighted by molar-refractivity contribution is 5.79. The normalized spacial score (nSPS) is 21.5. The molecule has 1 aromatic rings. The van der Waals surface area contributed by atoms with E-state index >= 15 is 0 Å². The monoisotopic (exact) mass is 234 g/mol. The van der Waals surface area contributed by atoms with Crippen LogP contribution in [0.4, 0.5) is 5.69 Å². The van der Waals surface area contributed by atoms with Crippen LogP contribution in [0.1, 0.15) is 5.56 Å². The second-order valence-electron chi connectivity index (χ2n) is 4.60. The molecule has 0 radical (unpaired) electrons. The van der Waals surface area contributed by atoms with Gasteiger partial charge in [0.25, 0.3) is 0 Å². The highest BCUT2D eigenvalue weighted by Gasteiger charge is 2.31. The van der Waals surface area contributed by atoms with Gasteiger partial charge in [-0.25, -0.2) is 4.79 Å². The lowest BCUT2D eigenvalue weighted by Crippen LogP contribution is -2.55. The fourth-order valence-electron chi connectivity index (χ4n) is 2.30. The van der Waals surface area contributed by atoms with Gasteiger partial charge in [0.15, 0.2) is 0 Å². The molecule has 0 amide bonds. The molecule has 0 saturated carbocycles. The van der Waals surface area contributed by atoms with E-state index in [-0.39, 0.29) is 0 Å². The van der Waals surface area contributed by atoms with Crippen LogP contribution >= 0.6 is 0 Å². The van der Waals surface area contributed by atoms with Crippen LogP contribution in [0.15, 0.2) is 24.3 Å². The highest BCUT2D eigenvalue weighted by Crippen LogP contribution is 2.23. The summed E-state index contributed by atoms with van der Waals surface area (Å²) in [4.78, 5) is 15.4. The van der Waals surface area contributed by atoms with E-state index in [1.54, 1.807) is 0 Å². The van der Waals surface area contributed by atoms with Gasteiger partial charge in [-0.05, 0) is 25.6 Å². The summed E-state index contributed by atoms with van der Waals surface area (Å²) in [5.41, 5.74) is 2.16. The Balaban J connectivity index is 2.30.